The van der Waals surface area contributed by atoms with Crippen LogP contribution in [-0.2, 0) is 6.42 Å². The summed E-state index contributed by atoms with van der Waals surface area (Å²) in [5, 5.41) is 15.9. The van der Waals surface area contributed by atoms with E-state index in [1.807, 2.05) is 13.1 Å². The number of carbonyl (C=O) groups is 1. The van der Waals surface area contributed by atoms with E-state index in [1.165, 1.54) is 12.1 Å². The molecule has 1 heterocycles. The van der Waals surface area contributed by atoms with Crippen molar-refractivity contribution in [3.05, 3.63) is 35.8 Å². The van der Waals surface area contributed by atoms with Gasteiger partial charge in [0.15, 0.2) is 0 Å². The molecule has 2 unspecified atom stereocenters. The second-order valence-corrected chi connectivity index (χ2v) is 6.08. The van der Waals surface area contributed by atoms with Crippen LogP contribution in [-0.4, -0.2) is 35.3 Å². The Morgan fingerprint density at radius 1 is 1.35 bits per heavy atom. The minimum absolute atomic E-state index is 0.215. The number of carbonyl (C=O) groups excluding carboxylic acids is 1. The molecule has 0 aliphatic carbocycles. The van der Waals surface area contributed by atoms with Gasteiger partial charge in [0.05, 0.1) is 6.10 Å². The standard InChI is InChI=1S/C17H24FN3O2/c1-11(7-12(2)22)9-21-17(23)19-6-5-13-10-20-16-8-14(18)3-4-15(13)16/h3-4,8,10-12,20,22H,5-7,9H2,1-2H3,(H2,19,21,23). The van der Waals surface area contributed by atoms with Crippen LogP contribution in [0.1, 0.15) is 25.8 Å². The smallest absolute Gasteiger partial charge is 0.314 e. The molecule has 2 rings (SSSR count). The summed E-state index contributed by atoms with van der Waals surface area (Å²) >= 11 is 0. The number of hydrogen-bond acceptors (Lipinski definition) is 2. The van der Waals surface area contributed by atoms with Crippen LogP contribution in [0.3, 0.4) is 0 Å². The second-order valence-electron chi connectivity index (χ2n) is 6.08. The Balaban J connectivity index is 1.74. The Morgan fingerprint density at radius 2 is 2.13 bits per heavy atom. The van der Waals surface area contributed by atoms with Gasteiger partial charge in [-0.25, -0.2) is 9.18 Å². The molecule has 5 nitrogen and oxygen atoms in total. The van der Waals surface area contributed by atoms with Crippen LogP contribution in [0.5, 0.6) is 0 Å². The summed E-state index contributed by atoms with van der Waals surface area (Å²) in [6.45, 7) is 4.76. The van der Waals surface area contributed by atoms with Gasteiger partial charge >= 0.3 is 6.03 Å². The minimum Gasteiger partial charge on any atom is -0.393 e. The number of rotatable bonds is 7. The summed E-state index contributed by atoms with van der Waals surface area (Å²) in [5.74, 6) is -0.0426. The van der Waals surface area contributed by atoms with Gasteiger partial charge in [-0.15, -0.1) is 0 Å². The Kier molecular flexibility index (Phi) is 5.98. The molecule has 0 spiro atoms. The van der Waals surface area contributed by atoms with Crippen molar-refractivity contribution < 1.29 is 14.3 Å². The number of aromatic nitrogens is 1. The molecule has 0 saturated heterocycles. The van der Waals surface area contributed by atoms with Gasteiger partial charge in [0.25, 0.3) is 0 Å². The molecule has 2 aromatic rings. The van der Waals surface area contributed by atoms with E-state index in [0.29, 0.717) is 25.9 Å². The quantitative estimate of drug-likeness (QED) is 0.632. The van der Waals surface area contributed by atoms with Gasteiger partial charge in [0.2, 0.25) is 0 Å². The van der Waals surface area contributed by atoms with E-state index in [0.717, 1.165) is 16.5 Å². The Labute approximate surface area is 135 Å². The van der Waals surface area contributed by atoms with Crippen LogP contribution in [0.15, 0.2) is 24.4 Å². The number of H-pyrrole nitrogens is 1. The van der Waals surface area contributed by atoms with Crippen molar-refractivity contribution in [2.75, 3.05) is 13.1 Å². The van der Waals surface area contributed by atoms with E-state index < -0.39 is 0 Å². The summed E-state index contributed by atoms with van der Waals surface area (Å²) in [6.07, 6.45) is 2.81. The second kappa shape index (κ2) is 7.97. The van der Waals surface area contributed by atoms with E-state index in [1.54, 1.807) is 13.0 Å². The highest BCUT2D eigenvalue weighted by atomic mass is 19.1. The van der Waals surface area contributed by atoms with Gasteiger partial charge in [0, 0.05) is 30.2 Å². The lowest BCUT2D eigenvalue weighted by molar-refractivity contribution is 0.163. The van der Waals surface area contributed by atoms with Crippen LogP contribution in [0, 0.1) is 11.7 Å². The summed E-state index contributed by atoms with van der Waals surface area (Å²) < 4.78 is 13.1. The third kappa shape index (κ3) is 5.25. The molecule has 0 saturated carbocycles. The normalized spacial score (nSPS) is 13.7. The molecule has 126 valence electrons. The SMILES string of the molecule is CC(O)CC(C)CNC(=O)NCCc1c[nH]c2cc(F)ccc12. The minimum atomic E-state index is -0.360. The number of aliphatic hydroxyl groups is 1. The molecule has 0 aliphatic rings. The molecule has 2 amide bonds. The zero-order chi connectivity index (χ0) is 16.8. The largest absolute Gasteiger partial charge is 0.393 e. The summed E-state index contributed by atoms with van der Waals surface area (Å²) in [5.41, 5.74) is 1.80. The fourth-order valence-electron chi connectivity index (χ4n) is 2.67. The van der Waals surface area contributed by atoms with Crippen molar-refractivity contribution in [2.24, 2.45) is 5.92 Å². The molecule has 1 aromatic carbocycles. The van der Waals surface area contributed by atoms with Gasteiger partial charge < -0.3 is 20.7 Å². The molecule has 1 aromatic heterocycles. The molecule has 2 atom stereocenters. The predicted molar refractivity (Wildman–Crippen MR) is 88.8 cm³/mol. The first-order chi connectivity index (χ1) is 11.0. The fraction of sp³-hybridized carbons (Fsp3) is 0.471. The predicted octanol–water partition coefficient (Wildman–Crippen LogP) is 2.56. The Hall–Kier alpha value is -2.08. The van der Waals surface area contributed by atoms with Crippen molar-refractivity contribution in [2.45, 2.75) is 32.8 Å². The number of hydrogen-bond donors (Lipinski definition) is 4. The van der Waals surface area contributed by atoms with Crippen molar-refractivity contribution in [1.29, 1.82) is 0 Å². The Bertz CT molecular complexity index is 654. The van der Waals surface area contributed by atoms with Gasteiger partial charge in [-0.2, -0.15) is 0 Å². The molecule has 0 bridgehead atoms. The highest BCUT2D eigenvalue weighted by Gasteiger charge is 2.09. The maximum Gasteiger partial charge on any atom is 0.314 e. The van der Waals surface area contributed by atoms with Gasteiger partial charge in [0.1, 0.15) is 5.82 Å². The zero-order valence-electron chi connectivity index (χ0n) is 13.5. The molecule has 6 heteroatoms. The number of aromatic amines is 1. The van der Waals surface area contributed by atoms with E-state index in [9.17, 15) is 14.3 Å². The number of aliphatic hydroxyl groups excluding tert-OH is 1. The molecular formula is C17H24FN3O2. The zero-order valence-corrected chi connectivity index (χ0v) is 13.5. The average Bonchev–Trinajstić information content (AvgIpc) is 2.87. The fourth-order valence-corrected chi connectivity index (χ4v) is 2.67. The maximum absolute atomic E-state index is 13.1. The van der Waals surface area contributed by atoms with Crippen molar-refractivity contribution >= 4 is 16.9 Å². The van der Waals surface area contributed by atoms with Crippen LogP contribution in [0.25, 0.3) is 10.9 Å². The first-order valence-electron chi connectivity index (χ1n) is 7.91. The third-order valence-electron chi connectivity index (χ3n) is 3.76. The third-order valence-corrected chi connectivity index (χ3v) is 3.76. The van der Waals surface area contributed by atoms with E-state index >= 15 is 0 Å². The molecule has 4 N–H and O–H groups in total. The molecule has 23 heavy (non-hydrogen) atoms. The molecule has 0 radical (unpaired) electrons. The van der Waals surface area contributed by atoms with Crippen molar-refractivity contribution in [3.63, 3.8) is 0 Å². The summed E-state index contributed by atoms with van der Waals surface area (Å²) in [7, 11) is 0. The number of benzene rings is 1. The average molecular weight is 321 g/mol. The van der Waals surface area contributed by atoms with Crippen LogP contribution >= 0.6 is 0 Å². The van der Waals surface area contributed by atoms with Crippen LogP contribution in [0.4, 0.5) is 9.18 Å². The van der Waals surface area contributed by atoms with E-state index in [4.69, 9.17) is 0 Å². The topological polar surface area (TPSA) is 77.2 Å². The van der Waals surface area contributed by atoms with Gasteiger partial charge in [-0.05, 0) is 49.4 Å². The monoisotopic (exact) mass is 321 g/mol. The Morgan fingerprint density at radius 3 is 2.87 bits per heavy atom. The van der Waals surface area contributed by atoms with Gasteiger partial charge in [-0.3, -0.25) is 0 Å². The van der Waals surface area contributed by atoms with Crippen molar-refractivity contribution in [3.8, 4) is 0 Å². The lowest BCUT2D eigenvalue weighted by Crippen LogP contribution is -2.39. The molecule has 0 fully saturated rings. The lowest BCUT2D eigenvalue weighted by Gasteiger charge is -2.14. The van der Waals surface area contributed by atoms with E-state index in [2.05, 4.69) is 15.6 Å². The molecule has 0 aliphatic heterocycles. The summed E-state index contributed by atoms with van der Waals surface area (Å²) in [6, 6.07) is 4.42. The van der Waals surface area contributed by atoms with Crippen LogP contribution < -0.4 is 10.6 Å². The highest BCUT2D eigenvalue weighted by Crippen LogP contribution is 2.19. The van der Waals surface area contributed by atoms with Gasteiger partial charge in [-0.1, -0.05) is 6.92 Å². The first-order valence-corrected chi connectivity index (χ1v) is 7.91. The summed E-state index contributed by atoms with van der Waals surface area (Å²) in [4.78, 5) is 14.8. The number of urea groups is 1. The number of fused-ring (bicyclic) bond motifs is 1. The van der Waals surface area contributed by atoms with E-state index in [-0.39, 0.29) is 23.9 Å². The van der Waals surface area contributed by atoms with Crippen LogP contribution in [0.2, 0.25) is 0 Å². The van der Waals surface area contributed by atoms with Crippen molar-refractivity contribution in [1.82, 2.24) is 15.6 Å². The number of halogens is 1. The first kappa shape index (κ1) is 17.3. The number of nitrogens with one attached hydrogen (secondary N) is 3. The maximum atomic E-state index is 13.1. The highest BCUT2D eigenvalue weighted by molar-refractivity contribution is 5.83. The molecular weight excluding hydrogens is 297 g/mol. The lowest BCUT2D eigenvalue weighted by atomic mass is 10.1. The number of amides is 2.